The average molecular weight is 363 g/mol. The van der Waals surface area contributed by atoms with Gasteiger partial charge in [-0.15, -0.1) is 0 Å². The number of carbonyl (C=O) groups excluding carboxylic acids is 2. The van der Waals surface area contributed by atoms with E-state index in [1.807, 2.05) is 0 Å². The minimum Gasteiger partial charge on any atom is -0.492 e. The molecule has 2 aromatic rings. The summed E-state index contributed by atoms with van der Waals surface area (Å²) >= 11 is 6.17. The number of amides is 3. The van der Waals surface area contributed by atoms with Gasteiger partial charge in [0.15, 0.2) is 0 Å². The van der Waals surface area contributed by atoms with Gasteiger partial charge in [0.25, 0.3) is 5.91 Å². The molecule has 1 fully saturated rings. The van der Waals surface area contributed by atoms with E-state index in [0.717, 1.165) is 4.90 Å². The Balaban J connectivity index is 1.69. The quantitative estimate of drug-likeness (QED) is 0.830. The van der Waals surface area contributed by atoms with E-state index in [9.17, 15) is 14.0 Å². The fraction of sp³-hybridized carbons (Fsp3) is 0.222. The van der Waals surface area contributed by atoms with Crippen LogP contribution >= 0.6 is 11.6 Å². The average Bonchev–Trinajstić information content (AvgIpc) is 2.81. The first-order valence-corrected chi connectivity index (χ1v) is 8.07. The number of nitrogens with zero attached hydrogens (tertiary/aromatic N) is 1. The second kappa shape index (κ2) is 6.72. The van der Waals surface area contributed by atoms with Crippen LogP contribution < -0.4 is 10.1 Å². The van der Waals surface area contributed by atoms with Gasteiger partial charge in [0.05, 0.1) is 6.54 Å². The van der Waals surface area contributed by atoms with Crippen molar-refractivity contribution in [2.45, 2.75) is 12.5 Å². The summed E-state index contributed by atoms with van der Waals surface area (Å²) in [5.74, 6) is -0.299. The van der Waals surface area contributed by atoms with Crippen molar-refractivity contribution in [2.24, 2.45) is 0 Å². The lowest BCUT2D eigenvalue weighted by Crippen LogP contribution is -2.41. The summed E-state index contributed by atoms with van der Waals surface area (Å²) in [6.45, 7) is 1.79. The predicted molar refractivity (Wildman–Crippen MR) is 90.9 cm³/mol. The van der Waals surface area contributed by atoms with Crippen molar-refractivity contribution < 1.29 is 18.7 Å². The van der Waals surface area contributed by atoms with E-state index >= 15 is 0 Å². The van der Waals surface area contributed by atoms with Crippen LogP contribution in [0.15, 0.2) is 48.5 Å². The number of halogens is 2. The molecule has 2 aromatic carbocycles. The largest absolute Gasteiger partial charge is 0.492 e. The molecule has 0 aliphatic carbocycles. The van der Waals surface area contributed by atoms with Crippen LogP contribution in [0.4, 0.5) is 9.18 Å². The molecule has 0 bridgehead atoms. The van der Waals surface area contributed by atoms with E-state index < -0.39 is 17.5 Å². The van der Waals surface area contributed by atoms with Crippen LogP contribution in [0.25, 0.3) is 0 Å². The Labute approximate surface area is 149 Å². The number of nitrogens with one attached hydrogen (secondary N) is 1. The van der Waals surface area contributed by atoms with Gasteiger partial charge in [0.1, 0.15) is 23.7 Å². The summed E-state index contributed by atoms with van der Waals surface area (Å²) in [6.07, 6.45) is 0. The zero-order valence-corrected chi connectivity index (χ0v) is 14.2. The maximum atomic E-state index is 12.9. The van der Waals surface area contributed by atoms with Gasteiger partial charge in [-0.3, -0.25) is 9.69 Å². The van der Waals surface area contributed by atoms with E-state index in [-0.39, 0.29) is 19.0 Å². The van der Waals surface area contributed by atoms with E-state index in [1.165, 1.54) is 24.3 Å². The highest BCUT2D eigenvalue weighted by molar-refractivity contribution is 6.32. The summed E-state index contributed by atoms with van der Waals surface area (Å²) in [5.41, 5.74) is -0.678. The zero-order chi connectivity index (χ0) is 18.0. The molecule has 5 nitrogen and oxygen atoms in total. The van der Waals surface area contributed by atoms with Crippen molar-refractivity contribution in [1.82, 2.24) is 10.2 Å². The molecule has 0 radical (unpaired) electrons. The van der Waals surface area contributed by atoms with Crippen molar-refractivity contribution in [3.05, 3.63) is 64.9 Å². The van der Waals surface area contributed by atoms with Crippen LogP contribution in [0.1, 0.15) is 12.5 Å². The maximum absolute atomic E-state index is 12.9. The first-order chi connectivity index (χ1) is 11.9. The third kappa shape index (κ3) is 3.30. The van der Waals surface area contributed by atoms with Gasteiger partial charge in [0, 0.05) is 10.6 Å². The van der Waals surface area contributed by atoms with Crippen LogP contribution in [-0.4, -0.2) is 30.0 Å². The Bertz CT molecular complexity index is 812. The van der Waals surface area contributed by atoms with Gasteiger partial charge in [-0.1, -0.05) is 29.8 Å². The standard InChI is InChI=1S/C18H16ClFN2O3/c1-18(14-4-2-3-5-15(14)19)16(23)22(17(24)21-18)10-11-25-13-8-6-12(20)7-9-13/h2-9H,10-11H2,1H3,(H,21,24)/t18-/m1/s1. The molecule has 25 heavy (non-hydrogen) atoms. The Kier molecular flexibility index (Phi) is 4.63. The highest BCUT2D eigenvalue weighted by Crippen LogP contribution is 2.33. The van der Waals surface area contributed by atoms with E-state index in [4.69, 9.17) is 16.3 Å². The molecule has 1 aliphatic rings. The lowest BCUT2D eigenvalue weighted by atomic mass is 9.92. The molecule has 1 atom stereocenters. The first kappa shape index (κ1) is 17.2. The van der Waals surface area contributed by atoms with Crippen LogP contribution in [0.3, 0.4) is 0 Å². The summed E-state index contributed by atoms with van der Waals surface area (Å²) in [7, 11) is 0. The molecule has 3 rings (SSSR count). The Morgan fingerprint density at radius 1 is 1.16 bits per heavy atom. The SMILES string of the molecule is C[C@]1(c2ccccc2Cl)NC(=O)N(CCOc2ccc(F)cc2)C1=O. The Morgan fingerprint density at radius 3 is 2.52 bits per heavy atom. The lowest BCUT2D eigenvalue weighted by molar-refractivity contribution is -0.131. The number of imide groups is 1. The van der Waals surface area contributed by atoms with Crippen LogP contribution in [0.5, 0.6) is 5.75 Å². The third-order valence-corrected chi connectivity index (χ3v) is 4.41. The number of urea groups is 1. The minimum absolute atomic E-state index is 0.0715. The fourth-order valence-corrected chi connectivity index (χ4v) is 3.06. The summed E-state index contributed by atoms with van der Waals surface area (Å²) in [5, 5.41) is 3.10. The summed E-state index contributed by atoms with van der Waals surface area (Å²) in [6, 6.07) is 11.9. The first-order valence-electron chi connectivity index (χ1n) is 7.69. The molecule has 3 amide bonds. The number of ether oxygens (including phenoxy) is 1. The molecule has 1 saturated heterocycles. The molecule has 0 saturated carbocycles. The lowest BCUT2D eigenvalue weighted by Gasteiger charge is -2.23. The van der Waals surface area contributed by atoms with E-state index in [1.54, 1.807) is 31.2 Å². The zero-order valence-electron chi connectivity index (χ0n) is 13.5. The van der Waals surface area contributed by atoms with Gasteiger partial charge in [-0.05, 0) is 37.3 Å². The molecule has 130 valence electrons. The molecule has 0 spiro atoms. The summed E-state index contributed by atoms with van der Waals surface area (Å²) < 4.78 is 18.3. The third-order valence-electron chi connectivity index (χ3n) is 4.08. The number of hydrogen-bond donors (Lipinski definition) is 1. The van der Waals surface area contributed by atoms with Gasteiger partial charge in [-0.2, -0.15) is 0 Å². The highest BCUT2D eigenvalue weighted by Gasteiger charge is 2.49. The van der Waals surface area contributed by atoms with Gasteiger partial charge in [-0.25, -0.2) is 9.18 Å². The van der Waals surface area contributed by atoms with Crippen LogP contribution in [0, 0.1) is 5.82 Å². The molecular formula is C18H16ClFN2O3. The number of benzene rings is 2. The van der Waals surface area contributed by atoms with Crippen molar-refractivity contribution in [3.8, 4) is 5.75 Å². The Hall–Kier alpha value is -2.60. The number of rotatable bonds is 5. The van der Waals surface area contributed by atoms with Crippen LogP contribution in [0.2, 0.25) is 5.02 Å². The molecule has 1 aliphatic heterocycles. The van der Waals surface area contributed by atoms with Crippen LogP contribution in [-0.2, 0) is 10.3 Å². The van der Waals surface area contributed by atoms with Crippen molar-refractivity contribution in [2.75, 3.05) is 13.2 Å². The molecule has 1 heterocycles. The summed E-state index contributed by atoms with van der Waals surface area (Å²) in [4.78, 5) is 26.1. The maximum Gasteiger partial charge on any atom is 0.325 e. The molecule has 0 unspecified atom stereocenters. The molecule has 0 aromatic heterocycles. The number of hydrogen-bond acceptors (Lipinski definition) is 3. The topological polar surface area (TPSA) is 58.6 Å². The van der Waals surface area contributed by atoms with E-state index in [0.29, 0.717) is 16.3 Å². The smallest absolute Gasteiger partial charge is 0.325 e. The van der Waals surface area contributed by atoms with E-state index in [2.05, 4.69) is 5.32 Å². The van der Waals surface area contributed by atoms with Gasteiger partial charge >= 0.3 is 6.03 Å². The fourth-order valence-electron chi connectivity index (χ4n) is 2.73. The van der Waals surface area contributed by atoms with Crippen molar-refractivity contribution >= 4 is 23.5 Å². The Morgan fingerprint density at radius 2 is 1.84 bits per heavy atom. The molecule has 1 N–H and O–H groups in total. The normalized spacial score (nSPS) is 19.9. The molecule has 7 heteroatoms. The van der Waals surface area contributed by atoms with Gasteiger partial charge in [0.2, 0.25) is 0 Å². The van der Waals surface area contributed by atoms with Crippen molar-refractivity contribution in [3.63, 3.8) is 0 Å². The highest BCUT2D eigenvalue weighted by atomic mass is 35.5. The van der Waals surface area contributed by atoms with Crippen molar-refractivity contribution in [1.29, 1.82) is 0 Å². The monoisotopic (exact) mass is 362 g/mol. The second-order valence-electron chi connectivity index (χ2n) is 5.79. The minimum atomic E-state index is -1.22. The number of carbonyl (C=O) groups is 2. The second-order valence-corrected chi connectivity index (χ2v) is 6.20. The predicted octanol–water partition coefficient (Wildman–Crippen LogP) is 3.33. The molecular weight excluding hydrogens is 347 g/mol. The van der Waals surface area contributed by atoms with Gasteiger partial charge < -0.3 is 10.1 Å².